The predicted molar refractivity (Wildman–Crippen MR) is 113 cm³/mol. The van der Waals surface area contributed by atoms with Gasteiger partial charge in [-0.05, 0) is 55.8 Å². The van der Waals surface area contributed by atoms with Crippen LogP contribution in [0, 0.1) is 28.6 Å². The quantitative estimate of drug-likeness (QED) is 0.693. The van der Waals surface area contributed by atoms with E-state index in [2.05, 4.69) is 26.0 Å². The van der Waals surface area contributed by atoms with Crippen molar-refractivity contribution in [2.24, 2.45) is 28.6 Å². The van der Waals surface area contributed by atoms with Gasteiger partial charge in [-0.3, -0.25) is 9.59 Å². The summed E-state index contributed by atoms with van der Waals surface area (Å²) in [6.07, 6.45) is 9.23. The highest BCUT2D eigenvalue weighted by molar-refractivity contribution is 5.67. The Kier molecular flexibility index (Phi) is 5.41. The average Bonchev–Trinajstić information content (AvgIpc) is 2.99. The van der Waals surface area contributed by atoms with Gasteiger partial charge < -0.3 is 14.6 Å². The highest BCUT2D eigenvalue weighted by Crippen LogP contribution is 2.65. The third-order valence-corrected chi connectivity index (χ3v) is 8.90. The molecule has 4 rings (SSSR count). The van der Waals surface area contributed by atoms with Crippen LogP contribution in [0.3, 0.4) is 0 Å². The number of aliphatic hydroxyl groups is 1. The van der Waals surface area contributed by atoms with Crippen LogP contribution in [0.25, 0.3) is 0 Å². The van der Waals surface area contributed by atoms with Crippen LogP contribution in [0.4, 0.5) is 0 Å². The largest absolute Gasteiger partial charge is 0.462 e. The Balaban J connectivity index is 1.71. The summed E-state index contributed by atoms with van der Waals surface area (Å²) in [7, 11) is 0. The standard InChI is InChI=1S/C25H36O5/c1-14(26)20-8-9-21-19-7-6-17-12-18(29-15(2)27)13-23(30-16(3)28)25(17,5)22(19)10-11-24(20,21)4/h6-7,14,18,20-23,26H,8-13H2,1-5H3/t14-,18+,20+,21-,22-,23-,24+,25-/m0/s1. The van der Waals surface area contributed by atoms with E-state index in [-0.39, 0.29) is 41.1 Å². The van der Waals surface area contributed by atoms with Crippen LogP contribution in [-0.2, 0) is 19.1 Å². The van der Waals surface area contributed by atoms with Gasteiger partial charge in [-0.2, -0.15) is 0 Å². The summed E-state index contributed by atoms with van der Waals surface area (Å²) in [5.41, 5.74) is 2.57. The maximum absolute atomic E-state index is 12.0. The van der Waals surface area contributed by atoms with Crippen LogP contribution < -0.4 is 0 Å². The van der Waals surface area contributed by atoms with Gasteiger partial charge in [0.2, 0.25) is 0 Å². The molecule has 8 atom stereocenters. The molecule has 5 nitrogen and oxygen atoms in total. The first-order valence-electron chi connectivity index (χ1n) is 11.5. The number of esters is 2. The second kappa shape index (κ2) is 7.51. The lowest BCUT2D eigenvalue weighted by Gasteiger charge is -2.57. The van der Waals surface area contributed by atoms with Crippen molar-refractivity contribution >= 4 is 11.9 Å². The molecule has 1 N–H and O–H groups in total. The second-order valence-corrected chi connectivity index (χ2v) is 10.5. The summed E-state index contributed by atoms with van der Waals surface area (Å²) >= 11 is 0. The van der Waals surface area contributed by atoms with E-state index in [1.54, 1.807) is 0 Å². The van der Waals surface area contributed by atoms with E-state index in [9.17, 15) is 14.7 Å². The molecule has 4 aliphatic rings. The van der Waals surface area contributed by atoms with Gasteiger partial charge in [0.25, 0.3) is 0 Å². The topological polar surface area (TPSA) is 72.8 Å². The fraction of sp³-hybridized carbons (Fsp3) is 0.760. The number of fused-ring (bicyclic) bond motifs is 5. The Morgan fingerprint density at radius 3 is 2.40 bits per heavy atom. The first-order valence-corrected chi connectivity index (χ1v) is 11.5. The molecule has 30 heavy (non-hydrogen) atoms. The zero-order valence-corrected chi connectivity index (χ0v) is 18.9. The number of carbonyl (C=O) groups excluding carboxylic acids is 2. The first kappa shape index (κ1) is 21.6. The Bertz CT molecular complexity index is 795. The van der Waals surface area contributed by atoms with Crippen molar-refractivity contribution < 1.29 is 24.2 Å². The molecule has 0 bridgehead atoms. The number of hydrogen-bond acceptors (Lipinski definition) is 5. The van der Waals surface area contributed by atoms with Gasteiger partial charge in [0, 0.05) is 32.1 Å². The molecule has 0 amide bonds. The summed E-state index contributed by atoms with van der Waals surface area (Å²) in [6.45, 7) is 9.44. The molecule has 3 fully saturated rings. The number of aliphatic hydroxyl groups excluding tert-OH is 1. The molecule has 3 saturated carbocycles. The summed E-state index contributed by atoms with van der Waals surface area (Å²) in [4.78, 5) is 23.6. The Morgan fingerprint density at radius 2 is 1.77 bits per heavy atom. The molecular formula is C25H36O5. The monoisotopic (exact) mass is 416 g/mol. The third-order valence-electron chi connectivity index (χ3n) is 8.90. The van der Waals surface area contributed by atoms with Crippen LogP contribution in [-0.4, -0.2) is 35.4 Å². The lowest BCUT2D eigenvalue weighted by molar-refractivity contribution is -0.165. The minimum absolute atomic E-state index is 0.129. The minimum Gasteiger partial charge on any atom is -0.462 e. The molecule has 0 aromatic rings. The fourth-order valence-corrected chi connectivity index (χ4v) is 7.53. The third kappa shape index (κ3) is 3.24. The molecular weight excluding hydrogens is 380 g/mol. The molecule has 0 aromatic heterocycles. The smallest absolute Gasteiger partial charge is 0.302 e. The summed E-state index contributed by atoms with van der Waals surface area (Å²) in [5, 5.41) is 10.4. The van der Waals surface area contributed by atoms with Crippen molar-refractivity contribution in [1.82, 2.24) is 0 Å². The molecule has 0 unspecified atom stereocenters. The highest BCUT2D eigenvalue weighted by atomic mass is 16.6. The Hall–Kier alpha value is -1.62. The first-order chi connectivity index (χ1) is 14.1. The predicted octanol–water partition coefficient (Wildman–Crippen LogP) is 4.34. The van der Waals surface area contributed by atoms with E-state index in [4.69, 9.17) is 9.47 Å². The Morgan fingerprint density at radius 1 is 1.07 bits per heavy atom. The molecule has 0 radical (unpaired) electrons. The summed E-state index contributed by atoms with van der Waals surface area (Å²) in [5.74, 6) is 0.560. The van der Waals surface area contributed by atoms with Crippen LogP contribution in [0.1, 0.15) is 73.1 Å². The fourth-order valence-electron chi connectivity index (χ4n) is 7.53. The molecule has 0 saturated heterocycles. The zero-order chi connectivity index (χ0) is 21.8. The highest BCUT2D eigenvalue weighted by Gasteiger charge is 2.60. The van der Waals surface area contributed by atoms with Crippen molar-refractivity contribution in [1.29, 1.82) is 0 Å². The van der Waals surface area contributed by atoms with E-state index in [1.165, 1.54) is 25.0 Å². The van der Waals surface area contributed by atoms with Gasteiger partial charge >= 0.3 is 11.9 Å². The van der Waals surface area contributed by atoms with Crippen molar-refractivity contribution in [3.05, 3.63) is 23.3 Å². The van der Waals surface area contributed by atoms with Gasteiger partial charge in [0.05, 0.1) is 6.10 Å². The number of hydrogen-bond donors (Lipinski definition) is 1. The van der Waals surface area contributed by atoms with Gasteiger partial charge in [-0.25, -0.2) is 0 Å². The van der Waals surface area contributed by atoms with Crippen LogP contribution in [0.2, 0.25) is 0 Å². The van der Waals surface area contributed by atoms with Crippen molar-refractivity contribution in [3.63, 3.8) is 0 Å². The van der Waals surface area contributed by atoms with E-state index in [0.717, 1.165) is 25.7 Å². The summed E-state index contributed by atoms with van der Waals surface area (Å²) < 4.78 is 11.4. The van der Waals surface area contributed by atoms with Gasteiger partial charge in [-0.1, -0.05) is 37.1 Å². The second-order valence-electron chi connectivity index (χ2n) is 10.5. The number of rotatable bonds is 3. The lowest BCUT2D eigenvalue weighted by Crippen LogP contribution is -2.54. The lowest BCUT2D eigenvalue weighted by atomic mass is 9.49. The maximum Gasteiger partial charge on any atom is 0.302 e. The van der Waals surface area contributed by atoms with Gasteiger partial charge in [-0.15, -0.1) is 0 Å². The number of allylic oxidation sites excluding steroid dienone is 3. The van der Waals surface area contributed by atoms with E-state index in [1.807, 2.05) is 6.92 Å². The normalized spacial score (nSPS) is 43.3. The van der Waals surface area contributed by atoms with Crippen LogP contribution >= 0.6 is 0 Å². The van der Waals surface area contributed by atoms with Gasteiger partial charge in [0.15, 0.2) is 0 Å². The molecule has 0 heterocycles. The van der Waals surface area contributed by atoms with E-state index >= 15 is 0 Å². The summed E-state index contributed by atoms with van der Waals surface area (Å²) in [6, 6.07) is 0. The van der Waals surface area contributed by atoms with E-state index < -0.39 is 0 Å². The molecule has 0 spiro atoms. The minimum atomic E-state index is -0.300. The Labute approximate surface area is 179 Å². The van der Waals surface area contributed by atoms with Crippen molar-refractivity contribution in [3.8, 4) is 0 Å². The average molecular weight is 417 g/mol. The SMILES string of the molecule is CC(=O)O[C@@H]1CC2=CC=C3[C@@H]4CC[C@H]([C@H](C)O)[C@@]4(C)CC[C@@H]3[C@@]2(C)[C@@H](OC(C)=O)C1. The van der Waals surface area contributed by atoms with Crippen LogP contribution in [0.15, 0.2) is 23.3 Å². The van der Waals surface area contributed by atoms with E-state index in [0.29, 0.717) is 30.6 Å². The van der Waals surface area contributed by atoms with Crippen molar-refractivity contribution in [2.45, 2.75) is 91.5 Å². The molecule has 4 aliphatic carbocycles. The maximum atomic E-state index is 12.0. The number of ether oxygens (including phenoxy) is 2. The van der Waals surface area contributed by atoms with Crippen molar-refractivity contribution in [2.75, 3.05) is 0 Å². The molecule has 0 aromatic carbocycles. The molecule has 5 heteroatoms. The molecule has 0 aliphatic heterocycles. The zero-order valence-electron chi connectivity index (χ0n) is 18.9. The van der Waals surface area contributed by atoms with Gasteiger partial charge in [0.1, 0.15) is 12.2 Å². The van der Waals surface area contributed by atoms with Crippen LogP contribution in [0.5, 0.6) is 0 Å². The molecule has 166 valence electrons. The number of carbonyl (C=O) groups is 2.